The minimum atomic E-state index is -0.341. The van der Waals surface area contributed by atoms with Gasteiger partial charge in [-0.25, -0.2) is 14.8 Å². The summed E-state index contributed by atoms with van der Waals surface area (Å²) < 4.78 is 5.54. The fourth-order valence-corrected chi connectivity index (χ4v) is 3.94. The summed E-state index contributed by atoms with van der Waals surface area (Å²) in [4.78, 5) is 32.5. The Labute approximate surface area is 203 Å². The molecule has 4 aromatic rings. The van der Waals surface area contributed by atoms with Crippen LogP contribution < -0.4 is 15.5 Å². The molecule has 4 heterocycles. The summed E-state index contributed by atoms with van der Waals surface area (Å²) in [7, 11) is 0. The van der Waals surface area contributed by atoms with Gasteiger partial charge in [0.1, 0.15) is 5.82 Å². The van der Waals surface area contributed by atoms with Gasteiger partial charge in [-0.05, 0) is 55.5 Å². The first kappa shape index (κ1) is 22.4. The molecule has 1 fully saturated rings. The first-order valence-corrected chi connectivity index (χ1v) is 11.4. The Morgan fingerprint density at radius 2 is 1.60 bits per heavy atom. The zero-order valence-corrected chi connectivity index (χ0v) is 19.3. The second kappa shape index (κ2) is 10.3. The number of rotatable bonds is 5. The Hall–Kier alpha value is -4.37. The van der Waals surface area contributed by atoms with Crippen molar-refractivity contribution in [1.82, 2.24) is 19.9 Å². The van der Waals surface area contributed by atoms with Gasteiger partial charge >= 0.3 is 6.03 Å². The second-order valence-corrected chi connectivity index (χ2v) is 8.08. The van der Waals surface area contributed by atoms with Crippen LogP contribution in [-0.2, 0) is 4.74 Å². The minimum Gasteiger partial charge on any atom is -0.378 e. The normalized spacial score (nSPS) is 13.3. The number of benzene rings is 1. The molecule has 9 heteroatoms. The average molecular weight is 468 g/mol. The lowest BCUT2D eigenvalue weighted by molar-refractivity contribution is 0.122. The number of nitrogens with one attached hydrogen (secondary N) is 2. The van der Waals surface area contributed by atoms with Gasteiger partial charge in [0.05, 0.1) is 30.8 Å². The summed E-state index contributed by atoms with van der Waals surface area (Å²) in [6.45, 7) is 4.96. The van der Waals surface area contributed by atoms with Crippen molar-refractivity contribution in [3.8, 4) is 22.6 Å². The van der Waals surface area contributed by atoms with E-state index in [4.69, 9.17) is 14.7 Å². The number of aromatic nitrogens is 4. The van der Waals surface area contributed by atoms with Gasteiger partial charge in [-0.2, -0.15) is 0 Å². The van der Waals surface area contributed by atoms with Gasteiger partial charge in [0.2, 0.25) is 0 Å². The molecule has 2 amide bonds. The van der Waals surface area contributed by atoms with Crippen molar-refractivity contribution < 1.29 is 9.53 Å². The predicted octanol–water partition coefficient (Wildman–Crippen LogP) is 4.39. The Kier molecular flexibility index (Phi) is 6.58. The van der Waals surface area contributed by atoms with Crippen molar-refractivity contribution in [3.05, 3.63) is 78.9 Å². The number of carbonyl (C=O) groups excluding carboxylic acids is 1. The van der Waals surface area contributed by atoms with E-state index in [9.17, 15) is 4.79 Å². The number of hydrogen-bond donors (Lipinski definition) is 2. The number of morpholine rings is 1. The maximum atomic E-state index is 12.3. The Bertz CT molecular complexity index is 1290. The molecule has 0 aliphatic carbocycles. The molecular weight excluding hydrogens is 442 g/mol. The number of pyridine rings is 2. The molecule has 0 unspecified atom stereocenters. The molecule has 5 rings (SSSR count). The lowest BCUT2D eigenvalue weighted by Gasteiger charge is -2.30. The van der Waals surface area contributed by atoms with Gasteiger partial charge in [-0.1, -0.05) is 0 Å². The molecule has 176 valence electrons. The fraction of sp³-hybridized carbons (Fsp3) is 0.192. The van der Waals surface area contributed by atoms with Crippen molar-refractivity contribution in [2.45, 2.75) is 6.92 Å². The lowest BCUT2D eigenvalue weighted by atomic mass is 10.1. The van der Waals surface area contributed by atoms with Crippen molar-refractivity contribution >= 4 is 23.2 Å². The summed E-state index contributed by atoms with van der Waals surface area (Å²) >= 11 is 0. The van der Waals surface area contributed by atoms with Crippen LogP contribution in [0.4, 0.5) is 22.0 Å². The van der Waals surface area contributed by atoms with Gasteiger partial charge in [-0.15, -0.1) is 0 Å². The molecule has 1 saturated heterocycles. The maximum Gasteiger partial charge on any atom is 0.323 e. The third kappa shape index (κ3) is 5.25. The standard InChI is InChI=1S/C26H25N7O2/c1-18-23(19-8-11-27-12-9-19)31-24(32-25(18)33-13-15-35-16-14-33)20-4-6-21(7-5-20)29-26(34)30-22-3-2-10-28-17-22/h2-12,17H,13-16H2,1H3,(H2,29,30,34). The Morgan fingerprint density at radius 3 is 2.31 bits per heavy atom. The summed E-state index contributed by atoms with van der Waals surface area (Å²) in [5.74, 6) is 1.53. The number of anilines is 3. The van der Waals surface area contributed by atoms with E-state index in [1.165, 1.54) is 0 Å². The Balaban J connectivity index is 1.43. The van der Waals surface area contributed by atoms with Crippen LogP contribution in [0.3, 0.4) is 0 Å². The molecule has 35 heavy (non-hydrogen) atoms. The predicted molar refractivity (Wildman–Crippen MR) is 135 cm³/mol. The highest BCUT2D eigenvalue weighted by molar-refractivity contribution is 5.99. The van der Waals surface area contributed by atoms with E-state index in [0.717, 1.165) is 41.3 Å². The van der Waals surface area contributed by atoms with Crippen LogP contribution in [0.25, 0.3) is 22.6 Å². The number of amides is 2. The van der Waals surface area contributed by atoms with E-state index in [0.29, 0.717) is 30.4 Å². The third-order valence-corrected chi connectivity index (χ3v) is 5.70. The number of urea groups is 1. The maximum absolute atomic E-state index is 12.3. The highest BCUT2D eigenvalue weighted by Gasteiger charge is 2.20. The van der Waals surface area contributed by atoms with E-state index in [2.05, 4.69) is 32.4 Å². The molecule has 0 saturated carbocycles. The fourth-order valence-electron chi connectivity index (χ4n) is 3.94. The highest BCUT2D eigenvalue weighted by Crippen LogP contribution is 2.31. The van der Waals surface area contributed by atoms with Crippen molar-refractivity contribution in [2.75, 3.05) is 41.8 Å². The average Bonchev–Trinajstić information content (AvgIpc) is 2.91. The van der Waals surface area contributed by atoms with Crippen LogP contribution in [0, 0.1) is 6.92 Å². The molecule has 1 aromatic carbocycles. The first-order chi connectivity index (χ1) is 17.2. The largest absolute Gasteiger partial charge is 0.378 e. The summed E-state index contributed by atoms with van der Waals surface area (Å²) in [5, 5.41) is 5.59. The van der Waals surface area contributed by atoms with E-state index in [-0.39, 0.29) is 6.03 Å². The minimum absolute atomic E-state index is 0.341. The Morgan fingerprint density at radius 1 is 0.857 bits per heavy atom. The number of nitrogens with zero attached hydrogens (tertiary/aromatic N) is 5. The SMILES string of the molecule is Cc1c(-c2ccncc2)nc(-c2ccc(NC(=O)Nc3cccnc3)cc2)nc1N1CCOCC1. The van der Waals surface area contributed by atoms with Crippen LogP contribution in [0.5, 0.6) is 0 Å². The zero-order chi connectivity index (χ0) is 24.0. The number of ether oxygens (including phenoxy) is 1. The topological polar surface area (TPSA) is 105 Å². The van der Waals surface area contributed by atoms with Gasteiger partial charge in [0.25, 0.3) is 0 Å². The van der Waals surface area contributed by atoms with Crippen molar-refractivity contribution in [3.63, 3.8) is 0 Å². The molecule has 1 aliphatic rings. The van der Waals surface area contributed by atoms with E-state index in [1.807, 2.05) is 36.4 Å². The van der Waals surface area contributed by atoms with E-state index < -0.39 is 0 Å². The van der Waals surface area contributed by atoms with Gasteiger partial charge in [0, 0.05) is 54.1 Å². The molecule has 9 nitrogen and oxygen atoms in total. The summed E-state index contributed by atoms with van der Waals surface area (Å²) in [6, 6.07) is 14.6. The van der Waals surface area contributed by atoms with Crippen LogP contribution in [-0.4, -0.2) is 52.3 Å². The van der Waals surface area contributed by atoms with Gasteiger partial charge < -0.3 is 20.3 Å². The second-order valence-electron chi connectivity index (χ2n) is 8.08. The quantitative estimate of drug-likeness (QED) is 0.448. The lowest BCUT2D eigenvalue weighted by Crippen LogP contribution is -2.37. The molecular formula is C26H25N7O2. The molecule has 3 aromatic heterocycles. The van der Waals surface area contributed by atoms with E-state index in [1.54, 1.807) is 36.9 Å². The molecule has 0 atom stereocenters. The number of carbonyl (C=O) groups is 1. The molecule has 0 radical (unpaired) electrons. The highest BCUT2D eigenvalue weighted by atomic mass is 16.5. The molecule has 0 bridgehead atoms. The van der Waals surface area contributed by atoms with Crippen LogP contribution in [0.2, 0.25) is 0 Å². The van der Waals surface area contributed by atoms with Gasteiger partial charge in [0.15, 0.2) is 5.82 Å². The zero-order valence-electron chi connectivity index (χ0n) is 19.3. The van der Waals surface area contributed by atoms with Crippen LogP contribution in [0.1, 0.15) is 5.56 Å². The van der Waals surface area contributed by atoms with Crippen LogP contribution >= 0.6 is 0 Å². The van der Waals surface area contributed by atoms with Crippen molar-refractivity contribution in [2.24, 2.45) is 0 Å². The monoisotopic (exact) mass is 467 g/mol. The summed E-state index contributed by atoms with van der Waals surface area (Å²) in [5.41, 5.74) is 5.01. The van der Waals surface area contributed by atoms with E-state index >= 15 is 0 Å². The smallest absolute Gasteiger partial charge is 0.323 e. The number of hydrogen-bond acceptors (Lipinski definition) is 7. The van der Waals surface area contributed by atoms with Crippen LogP contribution in [0.15, 0.2) is 73.3 Å². The van der Waals surface area contributed by atoms with Crippen molar-refractivity contribution in [1.29, 1.82) is 0 Å². The summed E-state index contributed by atoms with van der Waals surface area (Å²) in [6.07, 6.45) is 6.77. The molecule has 1 aliphatic heterocycles. The molecule has 0 spiro atoms. The third-order valence-electron chi connectivity index (χ3n) is 5.70. The molecule has 2 N–H and O–H groups in total. The first-order valence-electron chi connectivity index (χ1n) is 11.4. The van der Waals surface area contributed by atoms with Gasteiger partial charge in [-0.3, -0.25) is 9.97 Å².